The first-order valence-electron chi connectivity index (χ1n) is 4.05. The van der Waals surface area contributed by atoms with Gasteiger partial charge in [-0.25, -0.2) is 13.4 Å². The van der Waals surface area contributed by atoms with Crippen LogP contribution in [-0.2, 0) is 10.0 Å². The number of nitrogens with two attached hydrogens (primary N) is 1. The van der Waals surface area contributed by atoms with Gasteiger partial charge in [0.25, 0.3) is 0 Å². The molecular formula is C6H8N6O2S2. The summed E-state index contributed by atoms with van der Waals surface area (Å²) in [7, 11) is -3.45. The molecule has 86 valence electrons. The first-order chi connectivity index (χ1) is 7.35. The molecule has 0 saturated carbocycles. The van der Waals surface area contributed by atoms with Gasteiger partial charge in [0.15, 0.2) is 22.1 Å². The van der Waals surface area contributed by atoms with Crippen LogP contribution < -0.4 is 10.5 Å². The Morgan fingerprint density at radius 3 is 2.69 bits per heavy atom. The molecule has 0 amide bonds. The van der Waals surface area contributed by atoms with Crippen LogP contribution in [0.5, 0.6) is 0 Å². The summed E-state index contributed by atoms with van der Waals surface area (Å²) >= 11 is 3.98. The highest BCUT2D eigenvalue weighted by atomic mass is 32.2. The molecule has 0 atom stereocenters. The Kier molecular flexibility index (Phi) is 2.39. The molecule has 16 heavy (non-hydrogen) atoms. The summed E-state index contributed by atoms with van der Waals surface area (Å²) in [6.07, 6.45) is 1.01. The van der Waals surface area contributed by atoms with Crippen LogP contribution in [0.2, 0.25) is 0 Å². The second-order valence-corrected chi connectivity index (χ2v) is 5.23. The summed E-state index contributed by atoms with van der Waals surface area (Å²) in [5, 5.41) is 0.298. The number of thiol groups is 1. The van der Waals surface area contributed by atoms with Gasteiger partial charge in [0.05, 0.1) is 6.26 Å². The zero-order valence-electron chi connectivity index (χ0n) is 8.09. The van der Waals surface area contributed by atoms with E-state index in [1.807, 2.05) is 0 Å². The van der Waals surface area contributed by atoms with Gasteiger partial charge >= 0.3 is 0 Å². The fraction of sp³-hybridized carbons (Fsp3) is 0.167. The van der Waals surface area contributed by atoms with Crippen molar-refractivity contribution < 1.29 is 8.42 Å². The number of H-pyrrole nitrogens is 1. The third-order valence-corrected chi connectivity index (χ3v) is 2.41. The molecule has 2 rings (SSSR count). The number of anilines is 2. The summed E-state index contributed by atoms with van der Waals surface area (Å²) in [6.45, 7) is 0. The molecule has 0 aromatic carbocycles. The van der Waals surface area contributed by atoms with E-state index < -0.39 is 10.0 Å². The second kappa shape index (κ2) is 3.49. The quantitative estimate of drug-likeness (QED) is 0.544. The van der Waals surface area contributed by atoms with Crippen LogP contribution in [-0.4, -0.2) is 34.6 Å². The highest BCUT2D eigenvalue weighted by Crippen LogP contribution is 2.20. The molecule has 2 heterocycles. The molecule has 0 aliphatic rings. The number of hydrogen-bond acceptors (Lipinski definition) is 7. The molecule has 10 heteroatoms. The number of sulfonamides is 1. The Morgan fingerprint density at radius 1 is 1.38 bits per heavy atom. The van der Waals surface area contributed by atoms with Crippen molar-refractivity contribution in [2.45, 2.75) is 5.16 Å². The molecule has 2 aromatic heterocycles. The van der Waals surface area contributed by atoms with Crippen LogP contribution in [0, 0.1) is 0 Å². The zero-order valence-corrected chi connectivity index (χ0v) is 9.80. The lowest BCUT2D eigenvalue weighted by molar-refractivity contribution is 0.606. The van der Waals surface area contributed by atoms with Crippen LogP contribution in [0.4, 0.5) is 11.8 Å². The molecule has 8 nitrogen and oxygen atoms in total. The highest BCUT2D eigenvalue weighted by molar-refractivity contribution is 7.92. The van der Waals surface area contributed by atoms with Gasteiger partial charge in [-0.2, -0.15) is 9.97 Å². The van der Waals surface area contributed by atoms with Crippen LogP contribution in [0.3, 0.4) is 0 Å². The molecule has 0 fully saturated rings. The Labute approximate surface area is 96.2 Å². The van der Waals surface area contributed by atoms with Crippen LogP contribution in [0.1, 0.15) is 0 Å². The Balaban J connectivity index is 2.67. The minimum atomic E-state index is -3.45. The zero-order chi connectivity index (χ0) is 11.9. The van der Waals surface area contributed by atoms with Gasteiger partial charge < -0.3 is 10.7 Å². The molecule has 4 N–H and O–H groups in total. The number of fused-ring (bicyclic) bond motifs is 1. The summed E-state index contributed by atoms with van der Waals surface area (Å²) < 4.78 is 24.4. The summed E-state index contributed by atoms with van der Waals surface area (Å²) in [6, 6.07) is 0. The Hall–Kier alpha value is -1.55. The van der Waals surface area contributed by atoms with Crippen molar-refractivity contribution in [1.82, 2.24) is 19.9 Å². The van der Waals surface area contributed by atoms with Crippen LogP contribution in [0.25, 0.3) is 11.2 Å². The van der Waals surface area contributed by atoms with Crippen molar-refractivity contribution in [2.24, 2.45) is 0 Å². The maximum atomic E-state index is 11.1. The first kappa shape index (κ1) is 11.0. The number of imidazole rings is 1. The van der Waals surface area contributed by atoms with Crippen LogP contribution in [0.15, 0.2) is 5.16 Å². The molecule has 0 unspecified atom stereocenters. The first-order valence-corrected chi connectivity index (χ1v) is 6.39. The minimum Gasteiger partial charge on any atom is -0.368 e. The number of hydrogen-bond donors (Lipinski definition) is 4. The van der Waals surface area contributed by atoms with Crippen molar-refractivity contribution in [3.8, 4) is 0 Å². The van der Waals surface area contributed by atoms with Gasteiger partial charge in [-0.05, 0) is 0 Å². The lowest BCUT2D eigenvalue weighted by Gasteiger charge is -2.03. The monoisotopic (exact) mass is 260 g/mol. The van der Waals surface area contributed by atoms with Gasteiger partial charge in [-0.3, -0.25) is 4.72 Å². The van der Waals surface area contributed by atoms with E-state index in [1.54, 1.807) is 0 Å². The lowest BCUT2D eigenvalue weighted by atomic mass is 10.5. The van der Waals surface area contributed by atoms with Crippen LogP contribution >= 0.6 is 12.6 Å². The number of nitrogens with zero attached hydrogens (tertiary/aromatic N) is 3. The van der Waals surface area contributed by atoms with Gasteiger partial charge in [-0.1, -0.05) is 0 Å². The van der Waals surface area contributed by atoms with E-state index in [0.717, 1.165) is 6.26 Å². The summed E-state index contributed by atoms with van der Waals surface area (Å²) in [4.78, 5) is 14.3. The van der Waals surface area contributed by atoms with Crippen molar-refractivity contribution in [3.05, 3.63) is 0 Å². The maximum absolute atomic E-state index is 11.1. The topological polar surface area (TPSA) is 127 Å². The molecule has 0 aliphatic carbocycles. The van der Waals surface area contributed by atoms with E-state index in [4.69, 9.17) is 5.73 Å². The molecule has 0 saturated heterocycles. The third-order valence-electron chi connectivity index (χ3n) is 1.63. The fourth-order valence-electron chi connectivity index (χ4n) is 1.15. The normalized spacial score (nSPS) is 11.9. The number of rotatable bonds is 2. The largest absolute Gasteiger partial charge is 0.368 e. The SMILES string of the molecule is CS(=O)(=O)Nc1nc(N)nc2[nH]c(S)nc12. The number of aromatic amines is 1. The van der Waals surface area contributed by atoms with Gasteiger partial charge in [0.1, 0.15) is 0 Å². The number of nitrogens with one attached hydrogen (secondary N) is 2. The smallest absolute Gasteiger partial charge is 0.231 e. The number of aromatic nitrogens is 4. The molecule has 0 radical (unpaired) electrons. The van der Waals surface area contributed by atoms with E-state index in [9.17, 15) is 8.42 Å². The molecule has 0 spiro atoms. The minimum absolute atomic E-state index is 0.0292. The van der Waals surface area contributed by atoms with Gasteiger partial charge in [0.2, 0.25) is 16.0 Å². The van der Waals surface area contributed by atoms with Crippen molar-refractivity contribution in [2.75, 3.05) is 16.7 Å². The molecule has 2 aromatic rings. The van der Waals surface area contributed by atoms with Crippen molar-refractivity contribution in [1.29, 1.82) is 0 Å². The standard InChI is InChI=1S/C6H8N6O2S2/c1-16(13,14)12-4-2-3(9-5(7)10-4)11-6(15)8-2/h1H3,(H5,7,8,9,10,11,12,15). The van der Waals surface area contributed by atoms with E-state index in [0.29, 0.717) is 10.8 Å². The van der Waals surface area contributed by atoms with Gasteiger partial charge in [-0.15, -0.1) is 12.6 Å². The number of nitrogen functional groups attached to an aromatic ring is 1. The average Bonchev–Trinajstić information content (AvgIpc) is 2.42. The van der Waals surface area contributed by atoms with E-state index in [1.165, 1.54) is 0 Å². The van der Waals surface area contributed by atoms with Crippen molar-refractivity contribution in [3.63, 3.8) is 0 Å². The van der Waals surface area contributed by atoms with E-state index in [-0.39, 0.29) is 17.3 Å². The second-order valence-electron chi connectivity index (χ2n) is 3.06. The Morgan fingerprint density at radius 2 is 2.06 bits per heavy atom. The average molecular weight is 260 g/mol. The third kappa shape index (κ3) is 2.17. The predicted molar refractivity (Wildman–Crippen MR) is 61.8 cm³/mol. The van der Waals surface area contributed by atoms with E-state index >= 15 is 0 Å². The predicted octanol–water partition coefficient (Wildman–Crippen LogP) is -0.405. The molecule has 0 bridgehead atoms. The summed E-state index contributed by atoms with van der Waals surface area (Å²) in [5.74, 6) is -0.0304. The molecular weight excluding hydrogens is 252 g/mol. The van der Waals surface area contributed by atoms with E-state index in [2.05, 4.69) is 37.3 Å². The fourth-order valence-corrected chi connectivity index (χ4v) is 1.85. The Bertz CT molecular complexity index is 648. The summed E-state index contributed by atoms with van der Waals surface area (Å²) in [5.41, 5.74) is 6.01. The highest BCUT2D eigenvalue weighted by Gasteiger charge is 2.13. The lowest BCUT2D eigenvalue weighted by Crippen LogP contribution is -2.12. The van der Waals surface area contributed by atoms with Crippen molar-refractivity contribution >= 4 is 45.6 Å². The van der Waals surface area contributed by atoms with Gasteiger partial charge in [0, 0.05) is 0 Å². The maximum Gasteiger partial charge on any atom is 0.231 e. The molecule has 0 aliphatic heterocycles.